The van der Waals surface area contributed by atoms with Crippen molar-refractivity contribution in [2.75, 3.05) is 32.2 Å². The molecular formula is C11H13FN2O4. The average Bonchev–Trinajstić information content (AvgIpc) is 2.38. The van der Waals surface area contributed by atoms with Gasteiger partial charge in [0.15, 0.2) is 0 Å². The van der Waals surface area contributed by atoms with Crippen LogP contribution < -0.4 is 4.90 Å². The van der Waals surface area contributed by atoms with Crippen LogP contribution in [0.25, 0.3) is 0 Å². The van der Waals surface area contributed by atoms with Crippen LogP contribution in [0.1, 0.15) is 0 Å². The standard InChI is InChI=1S/C11H13FN2O4/c1-17-10(15)6-14(7-11(16)18-2)9-4-3-8(12)5-13-9/h3-5H,6-7H2,1-2H3. The minimum Gasteiger partial charge on any atom is -0.468 e. The van der Waals surface area contributed by atoms with Crippen LogP contribution in [-0.2, 0) is 19.1 Å². The zero-order valence-corrected chi connectivity index (χ0v) is 10.1. The molecule has 0 atom stereocenters. The Morgan fingerprint density at radius 2 is 1.78 bits per heavy atom. The molecule has 0 aromatic carbocycles. The molecule has 1 aromatic rings. The van der Waals surface area contributed by atoms with Gasteiger partial charge < -0.3 is 14.4 Å². The Labute approximate surface area is 103 Å². The van der Waals surface area contributed by atoms with Crippen LogP contribution in [0.3, 0.4) is 0 Å². The minimum absolute atomic E-state index is 0.176. The molecule has 1 aromatic heterocycles. The van der Waals surface area contributed by atoms with Gasteiger partial charge in [0, 0.05) is 0 Å². The summed E-state index contributed by atoms with van der Waals surface area (Å²) in [5, 5.41) is 0. The Balaban J connectivity index is 2.85. The molecule has 0 aliphatic carbocycles. The van der Waals surface area contributed by atoms with Crippen LogP contribution in [0, 0.1) is 5.82 Å². The van der Waals surface area contributed by atoms with E-state index in [1.807, 2.05) is 0 Å². The van der Waals surface area contributed by atoms with E-state index < -0.39 is 17.8 Å². The molecule has 0 aliphatic rings. The first-order valence-corrected chi connectivity index (χ1v) is 5.07. The highest BCUT2D eigenvalue weighted by atomic mass is 19.1. The van der Waals surface area contributed by atoms with Gasteiger partial charge in [-0.1, -0.05) is 0 Å². The van der Waals surface area contributed by atoms with E-state index in [2.05, 4.69) is 14.5 Å². The number of esters is 2. The summed E-state index contributed by atoms with van der Waals surface area (Å²) >= 11 is 0. The maximum Gasteiger partial charge on any atom is 0.325 e. The number of carbonyl (C=O) groups is 2. The topological polar surface area (TPSA) is 68.7 Å². The van der Waals surface area contributed by atoms with Gasteiger partial charge in [-0.15, -0.1) is 0 Å². The first-order valence-electron chi connectivity index (χ1n) is 5.07. The summed E-state index contributed by atoms with van der Waals surface area (Å²) < 4.78 is 21.8. The molecule has 0 bridgehead atoms. The highest BCUT2D eigenvalue weighted by molar-refractivity contribution is 5.80. The maximum atomic E-state index is 12.7. The van der Waals surface area contributed by atoms with E-state index in [1.54, 1.807) is 0 Å². The Morgan fingerprint density at radius 1 is 1.22 bits per heavy atom. The second-order valence-corrected chi connectivity index (χ2v) is 3.34. The molecular weight excluding hydrogens is 243 g/mol. The van der Waals surface area contributed by atoms with E-state index in [9.17, 15) is 14.0 Å². The molecule has 18 heavy (non-hydrogen) atoms. The highest BCUT2D eigenvalue weighted by Gasteiger charge is 2.17. The molecule has 0 amide bonds. The molecule has 1 rings (SSSR count). The summed E-state index contributed by atoms with van der Waals surface area (Å²) in [4.78, 5) is 27.5. The smallest absolute Gasteiger partial charge is 0.325 e. The first-order chi connectivity index (χ1) is 8.56. The molecule has 98 valence electrons. The lowest BCUT2D eigenvalue weighted by atomic mass is 10.4. The van der Waals surface area contributed by atoms with Gasteiger partial charge in [-0.25, -0.2) is 9.37 Å². The molecule has 0 fully saturated rings. The van der Waals surface area contributed by atoms with Crippen molar-refractivity contribution in [2.45, 2.75) is 0 Å². The van der Waals surface area contributed by atoms with Crippen molar-refractivity contribution in [3.05, 3.63) is 24.1 Å². The van der Waals surface area contributed by atoms with E-state index >= 15 is 0 Å². The van der Waals surface area contributed by atoms with Crippen molar-refractivity contribution in [1.29, 1.82) is 0 Å². The van der Waals surface area contributed by atoms with Gasteiger partial charge in [0.2, 0.25) is 0 Å². The maximum absolute atomic E-state index is 12.7. The minimum atomic E-state index is -0.537. The molecule has 7 heteroatoms. The number of anilines is 1. The van der Waals surface area contributed by atoms with E-state index in [4.69, 9.17) is 0 Å². The van der Waals surface area contributed by atoms with Crippen molar-refractivity contribution in [3.63, 3.8) is 0 Å². The summed E-state index contributed by atoms with van der Waals surface area (Å²) in [5.74, 6) is -1.29. The summed E-state index contributed by atoms with van der Waals surface area (Å²) in [6.07, 6.45) is 0.997. The van der Waals surface area contributed by atoms with Crippen LogP contribution in [0.15, 0.2) is 18.3 Å². The lowest BCUT2D eigenvalue weighted by Gasteiger charge is -2.20. The molecule has 0 N–H and O–H groups in total. The van der Waals surface area contributed by atoms with Gasteiger partial charge in [-0.2, -0.15) is 0 Å². The number of aromatic nitrogens is 1. The van der Waals surface area contributed by atoms with Crippen LogP contribution in [0.5, 0.6) is 0 Å². The van der Waals surface area contributed by atoms with Crippen LogP contribution in [0.4, 0.5) is 10.2 Å². The van der Waals surface area contributed by atoms with Crippen molar-refractivity contribution in [2.24, 2.45) is 0 Å². The van der Waals surface area contributed by atoms with Crippen LogP contribution in [0.2, 0.25) is 0 Å². The molecule has 0 saturated carbocycles. The predicted molar refractivity (Wildman–Crippen MR) is 60.4 cm³/mol. The fourth-order valence-electron chi connectivity index (χ4n) is 1.21. The fourth-order valence-corrected chi connectivity index (χ4v) is 1.21. The Hall–Kier alpha value is -2.18. The lowest BCUT2D eigenvalue weighted by molar-refractivity contribution is -0.140. The second kappa shape index (κ2) is 6.53. The largest absolute Gasteiger partial charge is 0.468 e. The average molecular weight is 256 g/mol. The number of hydrogen-bond acceptors (Lipinski definition) is 6. The quantitative estimate of drug-likeness (QED) is 0.709. The summed E-state index contributed by atoms with van der Waals surface area (Å²) in [6.45, 7) is -0.353. The molecule has 1 heterocycles. The molecule has 6 nitrogen and oxygen atoms in total. The van der Waals surface area contributed by atoms with Gasteiger partial charge in [0.05, 0.1) is 20.4 Å². The van der Waals surface area contributed by atoms with Crippen LogP contribution >= 0.6 is 0 Å². The van der Waals surface area contributed by atoms with E-state index in [-0.39, 0.29) is 18.9 Å². The number of hydrogen-bond donors (Lipinski definition) is 0. The van der Waals surface area contributed by atoms with Gasteiger partial charge in [-0.3, -0.25) is 9.59 Å². The van der Waals surface area contributed by atoms with Gasteiger partial charge >= 0.3 is 11.9 Å². The zero-order valence-electron chi connectivity index (χ0n) is 10.1. The van der Waals surface area contributed by atoms with Crippen molar-refractivity contribution >= 4 is 17.8 Å². The second-order valence-electron chi connectivity index (χ2n) is 3.34. The number of ether oxygens (including phenoxy) is 2. The van der Waals surface area contributed by atoms with E-state index in [0.717, 1.165) is 6.20 Å². The van der Waals surface area contributed by atoms with Crippen molar-refractivity contribution in [3.8, 4) is 0 Å². The summed E-state index contributed by atoms with van der Waals surface area (Å²) in [5.41, 5.74) is 0. The predicted octanol–water partition coefficient (Wildman–Crippen LogP) is 0.373. The highest BCUT2D eigenvalue weighted by Crippen LogP contribution is 2.10. The number of carbonyl (C=O) groups excluding carboxylic acids is 2. The number of nitrogens with zero attached hydrogens (tertiary/aromatic N) is 2. The Morgan fingerprint density at radius 3 is 2.17 bits per heavy atom. The number of methoxy groups -OCH3 is 2. The number of pyridine rings is 1. The fraction of sp³-hybridized carbons (Fsp3) is 0.364. The van der Waals surface area contributed by atoms with Gasteiger partial charge in [0.25, 0.3) is 0 Å². The van der Waals surface area contributed by atoms with E-state index in [0.29, 0.717) is 0 Å². The van der Waals surface area contributed by atoms with E-state index in [1.165, 1.54) is 31.3 Å². The third-order valence-corrected chi connectivity index (χ3v) is 2.13. The van der Waals surface area contributed by atoms with Crippen molar-refractivity contribution in [1.82, 2.24) is 4.98 Å². The molecule has 0 saturated heterocycles. The summed E-state index contributed by atoms with van der Waals surface area (Å²) in [7, 11) is 2.47. The summed E-state index contributed by atoms with van der Waals surface area (Å²) in [6, 6.07) is 2.55. The zero-order chi connectivity index (χ0) is 13.5. The Kier molecular flexibility index (Phi) is 5.04. The third kappa shape index (κ3) is 4.00. The Bertz CT molecular complexity index is 404. The molecule has 0 radical (unpaired) electrons. The molecule has 0 spiro atoms. The van der Waals surface area contributed by atoms with Crippen LogP contribution in [-0.4, -0.2) is 44.2 Å². The lowest BCUT2D eigenvalue weighted by Crippen LogP contribution is -2.36. The number of rotatable bonds is 5. The normalized spacial score (nSPS) is 9.72. The monoisotopic (exact) mass is 256 g/mol. The molecule has 0 aliphatic heterocycles. The first kappa shape index (κ1) is 13.9. The number of halogens is 1. The molecule has 0 unspecified atom stereocenters. The SMILES string of the molecule is COC(=O)CN(CC(=O)OC)c1ccc(F)cn1. The van der Waals surface area contributed by atoms with Gasteiger partial charge in [0.1, 0.15) is 24.7 Å². The third-order valence-electron chi connectivity index (χ3n) is 2.13. The van der Waals surface area contributed by atoms with Gasteiger partial charge in [-0.05, 0) is 12.1 Å². The van der Waals surface area contributed by atoms with Crippen molar-refractivity contribution < 1.29 is 23.5 Å².